The Morgan fingerprint density at radius 3 is 2.69 bits per heavy atom. The normalized spacial score (nSPS) is 11.2. The highest BCUT2D eigenvalue weighted by Gasteiger charge is 2.16. The monoisotopic (exact) mass is 443 g/mol. The van der Waals surface area contributed by atoms with Crippen molar-refractivity contribution in [2.75, 3.05) is 5.32 Å². The standard InChI is InChI=1S/C24H18FN5OS/c1-15-9-10-19(12-16(15)2)30-11-5-6-18(30)13-17(14-26)22(31)27-24-29-28-23(32-24)20-7-3-4-8-21(20)25/h3-13H,1-2H3,(H,27,29,31)/b17-13-. The number of hydrogen-bond donors (Lipinski definition) is 1. The molecule has 158 valence electrons. The number of nitriles is 1. The smallest absolute Gasteiger partial charge is 0.268 e. The van der Waals surface area contributed by atoms with Crippen LogP contribution in [0.15, 0.2) is 66.4 Å². The summed E-state index contributed by atoms with van der Waals surface area (Å²) >= 11 is 1.03. The fraction of sp³-hybridized carbons (Fsp3) is 0.0833. The number of rotatable bonds is 5. The van der Waals surface area contributed by atoms with Gasteiger partial charge in [-0.25, -0.2) is 4.39 Å². The van der Waals surface area contributed by atoms with Crippen molar-refractivity contribution in [1.82, 2.24) is 14.8 Å². The number of aryl methyl sites for hydroxylation is 2. The van der Waals surface area contributed by atoms with E-state index in [1.54, 1.807) is 18.2 Å². The second-order valence-corrected chi connectivity index (χ2v) is 8.07. The molecule has 2 heterocycles. The quantitative estimate of drug-likeness (QED) is 0.335. The topological polar surface area (TPSA) is 83.6 Å². The number of nitrogens with one attached hydrogen (secondary N) is 1. The predicted molar refractivity (Wildman–Crippen MR) is 123 cm³/mol. The van der Waals surface area contributed by atoms with Crippen molar-refractivity contribution in [1.29, 1.82) is 5.26 Å². The molecular formula is C24H18FN5OS. The molecule has 4 aromatic rings. The zero-order valence-electron chi connectivity index (χ0n) is 17.3. The zero-order chi connectivity index (χ0) is 22.7. The van der Waals surface area contributed by atoms with Crippen molar-refractivity contribution >= 4 is 28.5 Å². The minimum Gasteiger partial charge on any atom is -0.317 e. The molecule has 0 aliphatic carbocycles. The summed E-state index contributed by atoms with van der Waals surface area (Å²) in [4.78, 5) is 12.7. The highest BCUT2D eigenvalue weighted by molar-refractivity contribution is 7.18. The lowest BCUT2D eigenvalue weighted by molar-refractivity contribution is -0.112. The molecular weight excluding hydrogens is 425 g/mol. The second kappa shape index (κ2) is 8.96. The van der Waals surface area contributed by atoms with E-state index in [9.17, 15) is 14.4 Å². The van der Waals surface area contributed by atoms with Gasteiger partial charge in [0.15, 0.2) is 5.01 Å². The molecule has 0 unspecified atom stereocenters. The SMILES string of the molecule is Cc1ccc(-n2cccc2/C=C(/C#N)C(=O)Nc2nnc(-c3ccccc3F)s2)cc1C. The van der Waals surface area contributed by atoms with Crippen LogP contribution in [0, 0.1) is 31.0 Å². The molecule has 0 aliphatic heterocycles. The average Bonchev–Trinajstić information content (AvgIpc) is 3.44. The minimum absolute atomic E-state index is 0.0866. The van der Waals surface area contributed by atoms with Crippen LogP contribution >= 0.6 is 11.3 Å². The third kappa shape index (κ3) is 4.33. The maximum atomic E-state index is 14.0. The van der Waals surface area contributed by atoms with Crippen molar-refractivity contribution in [3.63, 3.8) is 0 Å². The summed E-state index contributed by atoms with van der Waals surface area (Å²) in [5.41, 5.74) is 4.15. The summed E-state index contributed by atoms with van der Waals surface area (Å²) in [5, 5.41) is 20.5. The Balaban J connectivity index is 1.57. The van der Waals surface area contributed by atoms with Crippen molar-refractivity contribution in [2.45, 2.75) is 13.8 Å². The van der Waals surface area contributed by atoms with Gasteiger partial charge < -0.3 is 4.57 Å². The van der Waals surface area contributed by atoms with Gasteiger partial charge in [-0.15, -0.1) is 10.2 Å². The first-order valence-electron chi connectivity index (χ1n) is 9.73. The molecule has 0 radical (unpaired) electrons. The molecule has 0 bridgehead atoms. The molecule has 1 N–H and O–H groups in total. The Morgan fingerprint density at radius 1 is 1.12 bits per heavy atom. The first-order chi connectivity index (χ1) is 15.5. The van der Waals surface area contributed by atoms with Crippen molar-refractivity contribution < 1.29 is 9.18 Å². The van der Waals surface area contributed by atoms with E-state index in [0.717, 1.165) is 22.6 Å². The third-order valence-electron chi connectivity index (χ3n) is 4.96. The molecule has 8 heteroatoms. The Kier molecular flexibility index (Phi) is 5.92. The van der Waals surface area contributed by atoms with Gasteiger partial charge in [0, 0.05) is 23.1 Å². The van der Waals surface area contributed by atoms with Crippen LogP contribution in [0.3, 0.4) is 0 Å². The molecule has 0 aliphatic rings. The number of nitrogens with zero attached hydrogens (tertiary/aromatic N) is 4. The fourth-order valence-corrected chi connectivity index (χ4v) is 3.87. The summed E-state index contributed by atoms with van der Waals surface area (Å²) < 4.78 is 15.9. The van der Waals surface area contributed by atoms with Gasteiger partial charge in [-0.2, -0.15) is 5.26 Å². The predicted octanol–water partition coefficient (Wildman–Crippen LogP) is 5.30. The van der Waals surface area contributed by atoms with E-state index in [2.05, 4.69) is 15.5 Å². The summed E-state index contributed by atoms with van der Waals surface area (Å²) in [7, 11) is 0. The number of halogens is 1. The number of carbonyl (C=O) groups is 1. The number of anilines is 1. The molecule has 2 aromatic carbocycles. The van der Waals surface area contributed by atoms with Crippen molar-refractivity contribution in [2.24, 2.45) is 0 Å². The van der Waals surface area contributed by atoms with E-state index >= 15 is 0 Å². The molecule has 32 heavy (non-hydrogen) atoms. The van der Waals surface area contributed by atoms with E-state index in [4.69, 9.17) is 0 Å². The fourth-order valence-electron chi connectivity index (χ4n) is 3.10. The molecule has 0 fully saturated rings. The molecule has 0 saturated carbocycles. The van der Waals surface area contributed by atoms with E-state index < -0.39 is 11.7 Å². The number of benzene rings is 2. The lowest BCUT2D eigenvalue weighted by atomic mass is 10.1. The number of amides is 1. The molecule has 2 aromatic heterocycles. The Labute approximate surface area is 188 Å². The lowest BCUT2D eigenvalue weighted by Crippen LogP contribution is -2.13. The molecule has 1 amide bonds. The molecule has 0 saturated heterocycles. The van der Waals surface area contributed by atoms with Gasteiger partial charge in [0.25, 0.3) is 5.91 Å². The minimum atomic E-state index is -0.614. The highest BCUT2D eigenvalue weighted by Crippen LogP contribution is 2.28. The third-order valence-corrected chi connectivity index (χ3v) is 5.83. The molecule has 0 atom stereocenters. The lowest BCUT2D eigenvalue weighted by Gasteiger charge is -2.09. The second-order valence-electron chi connectivity index (χ2n) is 7.09. The first kappa shape index (κ1) is 21.2. The highest BCUT2D eigenvalue weighted by atomic mass is 32.1. The van der Waals surface area contributed by atoms with E-state index in [0.29, 0.717) is 16.3 Å². The molecule has 4 rings (SSSR count). The summed E-state index contributed by atoms with van der Waals surface area (Å²) in [6, 6.07) is 17.9. The van der Waals surface area contributed by atoms with Gasteiger partial charge in [0.05, 0.1) is 0 Å². The van der Waals surface area contributed by atoms with Gasteiger partial charge in [-0.3, -0.25) is 10.1 Å². The summed E-state index contributed by atoms with van der Waals surface area (Å²) in [6.45, 7) is 4.07. The largest absolute Gasteiger partial charge is 0.317 e. The Hall–Kier alpha value is -4.09. The summed E-state index contributed by atoms with van der Waals surface area (Å²) in [5.74, 6) is -1.04. The number of aromatic nitrogens is 3. The van der Waals surface area contributed by atoms with Crippen LogP contribution in [0.2, 0.25) is 0 Å². The van der Waals surface area contributed by atoms with Crippen LogP contribution in [0.4, 0.5) is 9.52 Å². The maximum absolute atomic E-state index is 14.0. The van der Waals surface area contributed by atoms with E-state index in [1.165, 1.54) is 17.7 Å². The molecule has 0 spiro atoms. The van der Waals surface area contributed by atoms with Gasteiger partial charge in [0.1, 0.15) is 17.5 Å². The maximum Gasteiger partial charge on any atom is 0.268 e. The van der Waals surface area contributed by atoms with Gasteiger partial charge in [-0.05, 0) is 67.4 Å². The average molecular weight is 444 g/mol. The number of hydrogen-bond acceptors (Lipinski definition) is 5. The zero-order valence-corrected chi connectivity index (χ0v) is 18.2. The van der Waals surface area contributed by atoms with E-state index in [1.807, 2.05) is 61.0 Å². The van der Waals surface area contributed by atoms with Crippen LogP contribution in [0.25, 0.3) is 22.3 Å². The van der Waals surface area contributed by atoms with Gasteiger partial charge in [-0.1, -0.05) is 29.5 Å². The Bertz CT molecular complexity index is 1380. The van der Waals surface area contributed by atoms with Crippen LogP contribution in [-0.4, -0.2) is 20.7 Å². The Morgan fingerprint density at radius 2 is 1.94 bits per heavy atom. The first-order valence-corrected chi connectivity index (χ1v) is 10.5. The van der Waals surface area contributed by atoms with Gasteiger partial charge >= 0.3 is 0 Å². The van der Waals surface area contributed by atoms with Gasteiger partial charge in [0.2, 0.25) is 5.13 Å². The van der Waals surface area contributed by atoms with Crippen LogP contribution in [0.1, 0.15) is 16.8 Å². The van der Waals surface area contributed by atoms with Crippen LogP contribution in [-0.2, 0) is 4.79 Å². The molecule has 6 nitrogen and oxygen atoms in total. The summed E-state index contributed by atoms with van der Waals surface area (Å²) in [6.07, 6.45) is 3.39. The van der Waals surface area contributed by atoms with Crippen LogP contribution in [0.5, 0.6) is 0 Å². The van der Waals surface area contributed by atoms with Crippen LogP contribution < -0.4 is 5.32 Å². The number of carbonyl (C=O) groups excluding carboxylic acids is 1. The van der Waals surface area contributed by atoms with Crippen molar-refractivity contribution in [3.8, 4) is 22.3 Å². The van der Waals surface area contributed by atoms with E-state index in [-0.39, 0.29) is 10.7 Å². The van der Waals surface area contributed by atoms with Crippen molar-refractivity contribution in [3.05, 3.63) is 89.0 Å².